The van der Waals surface area contributed by atoms with Gasteiger partial charge in [-0.05, 0) is 39.7 Å². The Morgan fingerprint density at radius 2 is 2.00 bits per heavy atom. The van der Waals surface area contributed by atoms with Crippen LogP contribution in [0.5, 0.6) is 0 Å². The topological polar surface area (TPSA) is 76.1 Å². The summed E-state index contributed by atoms with van der Waals surface area (Å²) < 4.78 is 6.03. The second-order valence-electron chi connectivity index (χ2n) is 7.38. The van der Waals surface area contributed by atoms with E-state index in [0.717, 1.165) is 0 Å². The number of ether oxygens (including phenoxy) is 1. The third-order valence-corrected chi connectivity index (χ3v) is 4.60. The van der Waals surface area contributed by atoms with Crippen molar-refractivity contribution >= 4 is 11.9 Å². The summed E-state index contributed by atoms with van der Waals surface area (Å²) in [5.74, 6) is 0.403. The van der Waals surface area contributed by atoms with E-state index < -0.39 is 35.4 Å². The Bertz CT molecular complexity index is 620. The van der Waals surface area contributed by atoms with Crippen molar-refractivity contribution < 1.29 is 24.3 Å². The predicted molar refractivity (Wildman–Crippen MR) is 93.3 cm³/mol. The minimum Gasteiger partial charge on any atom is -0.479 e. The number of allylic oxidation sites excluding steroid dienone is 3. The Hall–Kier alpha value is -1.72. The second kappa shape index (κ2) is 7.26. The summed E-state index contributed by atoms with van der Waals surface area (Å²) >= 11 is 0. The fraction of sp³-hybridized carbons (Fsp3) is 0.632. The lowest BCUT2D eigenvalue weighted by Gasteiger charge is -2.42. The van der Waals surface area contributed by atoms with Crippen LogP contribution in [0.2, 0.25) is 0 Å². The van der Waals surface area contributed by atoms with Crippen molar-refractivity contribution in [2.45, 2.75) is 70.9 Å². The summed E-state index contributed by atoms with van der Waals surface area (Å²) in [4.78, 5) is 29.5. The van der Waals surface area contributed by atoms with E-state index in [9.17, 15) is 14.7 Å². The van der Waals surface area contributed by atoms with Crippen LogP contribution in [0.4, 0.5) is 0 Å². The van der Waals surface area contributed by atoms with Gasteiger partial charge >= 0.3 is 5.97 Å². The molecule has 25 heavy (non-hydrogen) atoms. The van der Waals surface area contributed by atoms with Crippen molar-refractivity contribution in [3.05, 3.63) is 29.9 Å². The number of carboxylic acids is 1. The number of rotatable bonds is 5. The van der Waals surface area contributed by atoms with Gasteiger partial charge in [0.25, 0.3) is 0 Å². The fourth-order valence-corrected chi connectivity index (χ4v) is 3.41. The third kappa shape index (κ3) is 3.77. The maximum atomic E-state index is 11.9. The van der Waals surface area contributed by atoms with Gasteiger partial charge in [-0.2, -0.15) is 0 Å². The van der Waals surface area contributed by atoms with Gasteiger partial charge in [-0.3, -0.25) is 4.84 Å². The van der Waals surface area contributed by atoms with Crippen molar-refractivity contribution in [1.29, 1.82) is 0 Å². The lowest BCUT2D eigenvalue weighted by Crippen LogP contribution is -2.53. The van der Waals surface area contributed by atoms with Gasteiger partial charge in [-0.1, -0.05) is 32.1 Å². The Labute approximate surface area is 148 Å². The van der Waals surface area contributed by atoms with E-state index in [-0.39, 0.29) is 0 Å². The highest BCUT2D eigenvalue weighted by Gasteiger charge is 2.58. The Kier molecular flexibility index (Phi) is 5.69. The van der Waals surface area contributed by atoms with Crippen LogP contribution in [-0.4, -0.2) is 45.6 Å². The minimum absolute atomic E-state index is 0.396. The van der Waals surface area contributed by atoms with Gasteiger partial charge in [0.2, 0.25) is 0 Å². The first-order chi connectivity index (χ1) is 11.7. The van der Waals surface area contributed by atoms with Crippen molar-refractivity contribution in [3.8, 4) is 0 Å². The summed E-state index contributed by atoms with van der Waals surface area (Å²) in [5, 5.41) is 11.4. The maximum Gasteiger partial charge on any atom is 0.334 e. The number of carbonyl (C=O) groups excluding carboxylic acids is 1. The van der Waals surface area contributed by atoms with E-state index in [2.05, 4.69) is 0 Å². The number of hydrogen-bond acceptors (Lipinski definition) is 5. The van der Waals surface area contributed by atoms with E-state index in [1.54, 1.807) is 23.3 Å². The third-order valence-electron chi connectivity index (χ3n) is 4.60. The van der Waals surface area contributed by atoms with Gasteiger partial charge in [-0.25, -0.2) is 9.59 Å². The SMILES string of the molecule is CCC1(CC)O[C@@H](C(=O)O)[C@H](C2C=CC=CC2=C=O)N1OC(C)(C)C. The summed E-state index contributed by atoms with van der Waals surface area (Å²) in [6, 6.07) is -0.658. The monoisotopic (exact) mass is 349 g/mol. The molecule has 1 saturated heterocycles. The molecule has 0 spiro atoms. The van der Waals surface area contributed by atoms with Crippen LogP contribution in [0.15, 0.2) is 29.9 Å². The smallest absolute Gasteiger partial charge is 0.334 e. The summed E-state index contributed by atoms with van der Waals surface area (Å²) in [5.41, 5.74) is -0.999. The molecular weight excluding hydrogens is 322 g/mol. The zero-order chi connectivity index (χ0) is 18.8. The number of carboxylic acid groups (broad SMARTS) is 1. The molecule has 1 heterocycles. The summed E-state index contributed by atoms with van der Waals surface area (Å²) in [6.07, 6.45) is 7.03. The van der Waals surface area contributed by atoms with Crippen LogP contribution in [0.25, 0.3) is 0 Å². The van der Waals surface area contributed by atoms with Crippen LogP contribution >= 0.6 is 0 Å². The van der Waals surface area contributed by atoms with E-state index in [1.807, 2.05) is 46.6 Å². The van der Waals surface area contributed by atoms with Crippen LogP contribution < -0.4 is 0 Å². The van der Waals surface area contributed by atoms with Gasteiger partial charge in [0.1, 0.15) is 11.7 Å². The lowest BCUT2D eigenvalue weighted by atomic mass is 9.85. The van der Waals surface area contributed by atoms with Crippen LogP contribution in [0.3, 0.4) is 0 Å². The molecule has 1 unspecified atom stereocenters. The predicted octanol–water partition coefficient (Wildman–Crippen LogP) is 2.89. The molecular formula is C19H27NO5. The molecule has 0 saturated carbocycles. The normalized spacial score (nSPS) is 29.0. The molecule has 0 radical (unpaired) electrons. The molecule has 2 aliphatic rings. The van der Waals surface area contributed by atoms with Gasteiger partial charge in [0, 0.05) is 11.5 Å². The largest absolute Gasteiger partial charge is 0.479 e. The van der Waals surface area contributed by atoms with Gasteiger partial charge in [0.15, 0.2) is 6.10 Å². The molecule has 1 fully saturated rings. The molecule has 6 heteroatoms. The first kappa shape index (κ1) is 19.6. The van der Waals surface area contributed by atoms with Crippen LogP contribution in [0.1, 0.15) is 47.5 Å². The van der Waals surface area contributed by atoms with E-state index in [0.29, 0.717) is 18.4 Å². The van der Waals surface area contributed by atoms with Crippen LogP contribution in [0, 0.1) is 5.92 Å². The standard InChI is InChI=1S/C19H27NO5/c1-6-19(7-2)20(25-18(3,4)5)15(16(24-19)17(22)23)14-11-9-8-10-13(14)12-21/h8-11,14-16H,6-7H2,1-5H3,(H,22,23)/t14?,15-,16+/m0/s1. The highest BCUT2D eigenvalue weighted by Crippen LogP contribution is 2.44. The highest BCUT2D eigenvalue weighted by atomic mass is 16.8. The van der Waals surface area contributed by atoms with E-state index >= 15 is 0 Å². The average Bonchev–Trinajstić information content (AvgIpc) is 2.88. The Morgan fingerprint density at radius 1 is 1.36 bits per heavy atom. The minimum atomic E-state index is -1.10. The van der Waals surface area contributed by atoms with Crippen molar-refractivity contribution in [1.82, 2.24) is 5.06 Å². The number of aliphatic carboxylic acids is 1. The number of nitrogens with zero attached hydrogens (tertiary/aromatic N) is 1. The quantitative estimate of drug-likeness (QED) is 0.769. The molecule has 0 bridgehead atoms. The molecule has 0 amide bonds. The van der Waals surface area contributed by atoms with Gasteiger partial charge in [-0.15, -0.1) is 5.06 Å². The first-order valence-electron chi connectivity index (χ1n) is 8.68. The van der Waals surface area contributed by atoms with E-state index in [4.69, 9.17) is 9.57 Å². The molecule has 6 nitrogen and oxygen atoms in total. The fourth-order valence-electron chi connectivity index (χ4n) is 3.41. The zero-order valence-corrected chi connectivity index (χ0v) is 15.5. The first-order valence-corrected chi connectivity index (χ1v) is 8.68. The summed E-state index contributed by atoms with van der Waals surface area (Å²) in [6.45, 7) is 9.59. The number of hydrogen-bond donors (Lipinski definition) is 1. The molecule has 138 valence electrons. The van der Waals surface area contributed by atoms with Gasteiger partial charge < -0.3 is 9.84 Å². The molecule has 0 aromatic heterocycles. The van der Waals surface area contributed by atoms with Crippen molar-refractivity contribution in [2.24, 2.45) is 5.92 Å². The summed E-state index contributed by atoms with van der Waals surface area (Å²) in [7, 11) is 0. The molecule has 1 N–H and O–H groups in total. The average molecular weight is 349 g/mol. The zero-order valence-electron chi connectivity index (χ0n) is 15.5. The van der Waals surface area contributed by atoms with Crippen LogP contribution in [-0.2, 0) is 19.2 Å². The van der Waals surface area contributed by atoms with E-state index in [1.165, 1.54) is 0 Å². The molecule has 1 aliphatic heterocycles. The van der Waals surface area contributed by atoms with Crippen molar-refractivity contribution in [3.63, 3.8) is 0 Å². The number of hydroxylamine groups is 2. The molecule has 2 rings (SSSR count). The Morgan fingerprint density at radius 3 is 2.48 bits per heavy atom. The van der Waals surface area contributed by atoms with Crippen molar-refractivity contribution in [2.75, 3.05) is 0 Å². The molecule has 0 aromatic carbocycles. The molecule has 3 atom stereocenters. The maximum absolute atomic E-state index is 11.9. The lowest BCUT2D eigenvalue weighted by molar-refractivity contribution is -0.317. The second-order valence-corrected chi connectivity index (χ2v) is 7.38. The highest BCUT2D eigenvalue weighted by molar-refractivity contribution is 5.74. The Balaban J connectivity index is 2.56. The molecule has 0 aromatic rings. The number of carbonyl (C=O) groups is 1. The molecule has 1 aliphatic carbocycles. The van der Waals surface area contributed by atoms with Gasteiger partial charge in [0.05, 0.1) is 11.6 Å².